The summed E-state index contributed by atoms with van der Waals surface area (Å²) in [5, 5.41) is 16.1. The van der Waals surface area contributed by atoms with Crippen LogP contribution < -0.4 is 10.6 Å². The second-order valence-electron chi connectivity index (χ2n) is 6.73. The molecule has 142 valence electrons. The molecule has 0 aliphatic carbocycles. The highest BCUT2D eigenvalue weighted by Gasteiger charge is 2.15. The molecule has 0 bridgehead atoms. The average Bonchev–Trinajstić information content (AvgIpc) is 2.94. The quantitative estimate of drug-likeness (QED) is 0.603. The number of aliphatic hydroxyl groups excluding tert-OH is 1. The molecule has 3 aromatic rings. The number of nitrogens with one attached hydrogen (secondary N) is 2. The first-order valence-corrected chi connectivity index (χ1v) is 9.16. The number of amides is 1. The van der Waals surface area contributed by atoms with Crippen LogP contribution >= 0.6 is 11.6 Å². The Labute approximate surface area is 163 Å². The molecule has 1 unspecified atom stereocenters. The van der Waals surface area contributed by atoms with E-state index in [4.69, 9.17) is 11.6 Å². The SMILES string of the molecule is Cc1cc(C)c(NC(=O)Cn2c(NCC(C)O)nc3ccccc32)c(Cl)c1. The van der Waals surface area contributed by atoms with Gasteiger partial charge in [0.05, 0.1) is 27.8 Å². The molecular weight excluding hydrogens is 364 g/mol. The number of benzene rings is 2. The van der Waals surface area contributed by atoms with Crippen LogP contribution in [0.4, 0.5) is 11.6 Å². The number of nitrogens with zero attached hydrogens (tertiary/aromatic N) is 2. The Morgan fingerprint density at radius 2 is 2.04 bits per heavy atom. The zero-order valence-corrected chi connectivity index (χ0v) is 16.3. The van der Waals surface area contributed by atoms with Gasteiger partial charge in [-0.2, -0.15) is 0 Å². The lowest BCUT2D eigenvalue weighted by Gasteiger charge is -2.14. The van der Waals surface area contributed by atoms with E-state index in [2.05, 4.69) is 15.6 Å². The fourth-order valence-electron chi connectivity index (χ4n) is 3.01. The van der Waals surface area contributed by atoms with Crippen LogP contribution in [0, 0.1) is 13.8 Å². The Kier molecular flexibility index (Phi) is 5.68. The van der Waals surface area contributed by atoms with Gasteiger partial charge in [0.1, 0.15) is 6.54 Å². The maximum Gasteiger partial charge on any atom is 0.244 e. The van der Waals surface area contributed by atoms with Gasteiger partial charge < -0.3 is 20.3 Å². The zero-order valence-electron chi connectivity index (χ0n) is 15.6. The fraction of sp³-hybridized carbons (Fsp3) is 0.300. The molecule has 0 saturated carbocycles. The van der Waals surface area contributed by atoms with Crippen LogP contribution in [0.15, 0.2) is 36.4 Å². The Morgan fingerprint density at radius 3 is 2.74 bits per heavy atom. The smallest absolute Gasteiger partial charge is 0.244 e. The highest BCUT2D eigenvalue weighted by molar-refractivity contribution is 6.34. The van der Waals surface area contributed by atoms with Gasteiger partial charge in [0.25, 0.3) is 0 Å². The third kappa shape index (κ3) is 4.40. The summed E-state index contributed by atoms with van der Waals surface area (Å²) >= 11 is 6.30. The zero-order chi connectivity index (χ0) is 19.6. The predicted octanol–water partition coefficient (Wildman–Crippen LogP) is 3.74. The van der Waals surface area contributed by atoms with Crippen molar-refractivity contribution < 1.29 is 9.90 Å². The number of rotatable bonds is 6. The molecule has 7 heteroatoms. The molecular formula is C20H23ClN4O2. The van der Waals surface area contributed by atoms with Gasteiger partial charge in [0.15, 0.2) is 0 Å². The first-order chi connectivity index (χ1) is 12.8. The summed E-state index contributed by atoms with van der Waals surface area (Å²) in [6.45, 7) is 5.98. The first-order valence-electron chi connectivity index (χ1n) is 8.79. The molecule has 3 N–H and O–H groups in total. The van der Waals surface area contributed by atoms with Crippen molar-refractivity contribution in [2.24, 2.45) is 0 Å². The van der Waals surface area contributed by atoms with Crippen LogP contribution in [-0.4, -0.2) is 33.2 Å². The third-order valence-electron chi connectivity index (χ3n) is 4.21. The number of aliphatic hydroxyl groups is 1. The monoisotopic (exact) mass is 386 g/mol. The van der Waals surface area contributed by atoms with E-state index in [1.165, 1.54) is 0 Å². The standard InChI is InChI=1S/C20H23ClN4O2/c1-12-8-13(2)19(15(21)9-12)24-18(27)11-25-17-7-5-4-6-16(17)23-20(25)22-10-14(3)26/h4-9,14,26H,10-11H2,1-3H3,(H,22,23)(H,24,27). The number of para-hydroxylation sites is 2. The van der Waals surface area contributed by atoms with Crippen LogP contribution in [0.1, 0.15) is 18.1 Å². The number of aryl methyl sites for hydroxylation is 2. The van der Waals surface area contributed by atoms with Crippen molar-refractivity contribution >= 4 is 40.2 Å². The van der Waals surface area contributed by atoms with Gasteiger partial charge in [0.2, 0.25) is 11.9 Å². The molecule has 27 heavy (non-hydrogen) atoms. The van der Waals surface area contributed by atoms with Crippen molar-refractivity contribution in [3.8, 4) is 0 Å². The van der Waals surface area contributed by atoms with E-state index in [0.717, 1.165) is 22.2 Å². The molecule has 0 spiro atoms. The van der Waals surface area contributed by atoms with Crippen LogP contribution in [0.2, 0.25) is 5.02 Å². The van der Waals surface area contributed by atoms with E-state index >= 15 is 0 Å². The topological polar surface area (TPSA) is 79.2 Å². The van der Waals surface area contributed by atoms with Gasteiger partial charge in [-0.3, -0.25) is 4.79 Å². The second-order valence-corrected chi connectivity index (χ2v) is 7.13. The minimum Gasteiger partial charge on any atom is -0.392 e. The van der Waals surface area contributed by atoms with Crippen molar-refractivity contribution in [3.05, 3.63) is 52.5 Å². The number of halogens is 1. The average molecular weight is 387 g/mol. The van der Waals surface area contributed by atoms with Crippen molar-refractivity contribution in [1.29, 1.82) is 0 Å². The Morgan fingerprint density at radius 1 is 1.30 bits per heavy atom. The van der Waals surface area contributed by atoms with Gasteiger partial charge in [-0.15, -0.1) is 0 Å². The van der Waals surface area contributed by atoms with Gasteiger partial charge >= 0.3 is 0 Å². The fourth-order valence-corrected chi connectivity index (χ4v) is 3.37. The van der Waals surface area contributed by atoms with Crippen LogP contribution in [0.25, 0.3) is 11.0 Å². The van der Waals surface area contributed by atoms with Gasteiger partial charge in [-0.1, -0.05) is 29.8 Å². The maximum absolute atomic E-state index is 12.7. The summed E-state index contributed by atoms with van der Waals surface area (Å²) in [5.41, 5.74) is 4.20. The summed E-state index contributed by atoms with van der Waals surface area (Å²) < 4.78 is 1.80. The van der Waals surface area contributed by atoms with Gasteiger partial charge in [0, 0.05) is 6.54 Å². The van der Waals surface area contributed by atoms with Crippen molar-refractivity contribution in [2.45, 2.75) is 33.4 Å². The molecule has 0 fully saturated rings. The third-order valence-corrected chi connectivity index (χ3v) is 4.51. The number of carbonyl (C=O) groups is 1. The lowest BCUT2D eigenvalue weighted by molar-refractivity contribution is -0.116. The second kappa shape index (κ2) is 7.98. The predicted molar refractivity (Wildman–Crippen MR) is 109 cm³/mol. The summed E-state index contributed by atoms with van der Waals surface area (Å²) in [6.07, 6.45) is -0.527. The Balaban J connectivity index is 1.87. The molecule has 1 heterocycles. The molecule has 2 aromatic carbocycles. The largest absolute Gasteiger partial charge is 0.392 e. The van der Waals surface area contributed by atoms with E-state index in [1.807, 2.05) is 50.2 Å². The summed E-state index contributed by atoms with van der Waals surface area (Å²) in [4.78, 5) is 17.2. The van der Waals surface area contributed by atoms with Gasteiger partial charge in [-0.25, -0.2) is 4.98 Å². The molecule has 1 atom stereocenters. The molecule has 1 aromatic heterocycles. The lowest BCUT2D eigenvalue weighted by Crippen LogP contribution is -2.23. The Bertz CT molecular complexity index is 958. The van der Waals surface area contributed by atoms with Crippen LogP contribution in [0.5, 0.6) is 0 Å². The minimum atomic E-state index is -0.527. The highest BCUT2D eigenvalue weighted by Crippen LogP contribution is 2.27. The molecule has 0 aliphatic rings. The van der Waals surface area contributed by atoms with E-state index in [-0.39, 0.29) is 12.5 Å². The summed E-state index contributed by atoms with van der Waals surface area (Å²) in [5.74, 6) is 0.339. The Hall–Kier alpha value is -2.57. The van der Waals surface area contributed by atoms with Crippen LogP contribution in [-0.2, 0) is 11.3 Å². The molecule has 0 radical (unpaired) electrons. The van der Waals surface area contributed by atoms with E-state index in [1.54, 1.807) is 11.5 Å². The first kappa shape index (κ1) is 19.2. The van der Waals surface area contributed by atoms with E-state index < -0.39 is 6.10 Å². The lowest BCUT2D eigenvalue weighted by atomic mass is 10.1. The van der Waals surface area contributed by atoms with Crippen molar-refractivity contribution in [3.63, 3.8) is 0 Å². The number of aromatic nitrogens is 2. The molecule has 3 rings (SSSR count). The minimum absolute atomic E-state index is 0.0757. The van der Waals surface area contributed by atoms with E-state index in [9.17, 15) is 9.90 Å². The normalized spacial score (nSPS) is 12.2. The van der Waals surface area contributed by atoms with Crippen molar-refractivity contribution in [1.82, 2.24) is 9.55 Å². The maximum atomic E-state index is 12.7. The number of anilines is 2. The highest BCUT2D eigenvalue weighted by atomic mass is 35.5. The molecule has 6 nitrogen and oxygen atoms in total. The molecule has 0 aliphatic heterocycles. The molecule has 0 saturated heterocycles. The van der Waals surface area contributed by atoms with Crippen molar-refractivity contribution in [2.75, 3.05) is 17.2 Å². The number of fused-ring (bicyclic) bond motifs is 1. The number of carbonyl (C=O) groups excluding carboxylic acids is 1. The summed E-state index contributed by atoms with van der Waals surface area (Å²) in [6, 6.07) is 11.4. The summed E-state index contributed by atoms with van der Waals surface area (Å²) in [7, 11) is 0. The number of hydrogen-bond donors (Lipinski definition) is 3. The van der Waals surface area contributed by atoms with E-state index in [0.29, 0.717) is 23.2 Å². The number of hydrogen-bond acceptors (Lipinski definition) is 4. The number of imidazole rings is 1. The molecule has 1 amide bonds. The van der Waals surface area contributed by atoms with Crippen LogP contribution in [0.3, 0.4) is 0 Å². The van der Waals surface area contributed by atoms with Gasteiger partial charge in [-0.05, 0) is 50.1 Å².